The van der Waals surface area contributed by atoms with Gasteiger partial charge in [-0.2, -0.15) is 5.26 Å². The second-order valence-electron chi connectivity index (χ2n) is 12.0. The summed E-state index contributed by atoms with van der Waals surface area (Å²) in [7, 11) is 2.11. The van der Waals surface area contributed by atoms with Gasteiger partial charge in [0, 0.05) is 29.9 Å². The fourth-order valence-electron chi connectivity index (χ4n) is 7.30. The number of anilines is 1. The number of nitrogens with zero attached hydrogens (tertiary/aromatic N) is 5. The maximum absolute atomic E-state index is 14.6. The normalized spacial score (nSPS) is 21.4. The number of likely N-dealkylation sites (N-methyl/N-ethyl adjacent to an activating group) is 1. The van der Waals surface area contributed by atoms with Gasteiger partial charge in [-0.25, -0.2) is 9.37 Å². The van der Waals surface area contributed by atoms with Crippen LogP contribution in [0.3, 0.4) is 0 Å². The van der Waals surface area contributed by atoms with Crippen LogP contribution in [0.25, 0.3) is 32.8 Å². The molecule has 4 aromatic rings. The van der Waals surface area contributed by atoms with E-state index in [0.29, 0.717) is 31.0 Å². The van der Waals surface area contributed by atoms with Crippen molar-refractivity contribution in [1.82, 2.24) is 14.8 Å². The van der Waals surface area contributed by atoms with Crippen LogP contribution in [0.4, 0.5) is 10.1 Å². The van der Waals surface area contributed by atoms with Gasteiger partial charge >= 0.3 is 0 Å². The molecule has 0 spiro atoms. The smallest absolute Gasteiger partial charge is 0.246 e. The van der Waals surface area contributed by atoms with E-state index >= 15 is 0 Å². The van der Waals surface area contributed by atoms with Gasteiger partial charge < -0.3 is 19.4 Å². The lowest BCUT2D eigenvalue weighted by atomic mass is 9.91. The summed E-state index contributed by atoms with van der Waals surface area (Å²) in [6, 6.07) is 17.8. The van der Waals surface area contributed by atoms with Crippen LogP contribution in [0.5, 0.6) is 5.88 Å². The first-order valence-corrected chi connectivity index (χ1v) is 15.5. The van der Waals surface area contributed by atoms with Crippen LogP contribution >= 0.6 is 11.6 Å². The number of carbonyl (C=O) groups excluding carboxylic acids is 1. The quantitative estimate of drug-likeness (QED) is 0.227. The van der Waals surface area contributed by atoms with Gasteiger partial charge in [-0.1, -0.05) is 54.6 Å². The summed E-state index contributed by atoms with van der Waals surface area (Å²) in [5.74, 6) is -0.0445. The highest BCUT2D eigenvalue weighted by Crippen LogP contribution is 2.45. The van der Waals surface area contributed by atoms with Crippen molar-refractivity contribution >= 4 is 44.9 Å². The molecule has 1 aromatic heterocycles. The molecule has 3 aliphatic rings. The highest BCUT2D eigenvalue weighted by molar-refractivity contribution is 6.37. The Morgan fingerprint density at radius 3 is 2.84 bits per heavy atom. The molecule has 3 atom stereocenters. The molecule has 3 aromatic carbocycles. The summed E-state index contributed by atoms with van der Waals surface area (Å²) < 4.78 is 21.0. The van der Waals surface area contributed by atoms with Crippen molar-refractivity contribution < 1.29 is 13.9 Å². The van der Waals surface area contributed by atoms with Gasteiger partial charge in [-0.05, 0) is 67.6 Å². The van der Waals surface area contributed by atoms with E-state index in [1.165, 1.54) is 12.1 Å². The number of aromatic nitrogens is 1. The number of pyridine rings is 1. The standard InChI is InChI=1S/C35H33ClFN5O2/c1-3-31(43)41-17-14-29-30(41)19-42(29)34-25-11-9-22(24-8-4-6-21-10-12-27(37)33(36)32(21)24)18-28(25)39-35(26(34)13-15-38)44-20-23-7-5-16-40(23)2/h3-4,6,8-12,18,23,29-30H,1,5,7,13-14,16-17,19-20H2,2H3/t23-,29+,30+/m0/s1. The Balaban J connectivity index is 1.37. The first-order chi connectivity index (χ1) is 21.4. The third-order valence-corrected chi connectivity index (χ3v) is 10.0. The number of amides is 1. The van der Waals surface area contributed by atoms with E-state index < -0.39 is 5.82 Å². The van der Waals surface area contributed by atoms with Crippen LogP contribution in [0.15, 0.2) is 61.2 Å². The van der Waals surface area contributed by atoms with Crippen LogP contribution in [-0.2, 0) is 11.2 Å². The highest BCUT2D eigenvalue weighted by atomic mass is 35.5. The zero-order valence-electron chi connectivity index (χ0n) is 24.6. The predicted octanol–water partition coefficient (Wildman–Crippen LogP) is 6.36. The second kappa shape index (κ2) is 11.4. The molecule has 9 heteroatoms. The molecule has 3 saturated heterocycles. The number of ether oxygens (including phenoxy) is 1. The van der Waals surface area contributed by atoms with Crippen LogP contribution in [0, 0.1) is 17.1 Å². The van der Waals surface area contributed by atoms with Crippen molar-refractivity contribution in [1.29, 1.82) is 5.26 Å². The molecular weight excluding hydrogens is 577 g/mol. The molecule has 0 aliphatic carbocycles. The topological polar surface area (TPSA) is 72.7 Å². The van der Waals surface area contributed by atoms with E-state index in [1.54, 1.807) is 6.07 Å². The zero-order chi connectivity index (χ0) is 30.5. The third kappa shape index (κ3) is 4.66. The van der Waals surface area contributed by atoms with Crippen molar-refractivity contribution in [3.05, 3.63) is 77.6 Å². The minimum Gasteiger partial charge on any atom is -0.476 e. The van der Waals surface area contributed by atoms with Crippen LogP contribution in [0.2, 0.25) is 5.02 Å². The van der Waals surface area contributed by atoms with Crippen LogP contribution < -0.4 is 9.64 Å². The third-order valence-electron chi connectivity index (χ3n) is 9.64. The lowest BCUT2D eigenvalue weighted by Gasteiger charge is -2.49. The minimum absolute atomic E-state index is 0.0477. The molecule has 0 radical (unpaired) electrons. The van der Waals surface area contributed by atoms with Gasteiger partial charge in [0.15, 0.2) is 0 Å². The number of hydrogen-bond acceptors (Lipinski definition) is 6. The Hall–Kier alpha value is -4.19. The fourth-order valence-corrected chi connectivity index (χ4v) is 7.58. The molecule has 0 bridgehead atoms. The Kier molecular flexibility index (Phi) is 7.39. The molecule has 0 saturated carbocycles. The second-order valence-corrected chi connectivity index (χ2v) is 12.4. The number of fused-ring (bicyclic) bond motifs is 3. The Bertz CT molecular complexity index is 1860. The lowest BCUT2D eigenvalue weighted by molar-refractivity contribution is -0.127. The van der Waals surface area contributed by atoms with Crippen molar-refractivity contribution in [3.63, 3.8) is 0 Å². The molecule has 4 heterocycles. The average Bonchev–Trinajstić information content (AvgIpc) is 3.59. The largest absolute Gasteiger partial charge is 0.476 e. The molecule has 44 heavy (non-hydrogen) atoms. The molecule has 3 fully saturated rings. The number of likely N-dealkylation sites (tertiary alicyclic amines) is 2. The molecule has 224 valence electrons. The van der Waals surface area contributed by atoms with Gasteiger partial charge in [-0.15, -0.1) is 0 Å². The van der Waals surface area contributed by atoms with E-state index in [1.807, 2.05) is 41.3 Å². The van der Waals surface area contributed by atoms with Crippen LogP contribution in [-0.4, -0.2) is 72.1 Å². The summed E-state index contributed by atoms with van der Waals surface area (Å²) in [6.07, 6.45) is 4.54. The Morgan fingerprint density at radius 1 is 1.20 bits per heavy atom. The molecular formula is C35H33ClFN5O2. The van der Waals surface area contributed by atoms with Crippen molar-refractivity contribution in [2.24, 2.45) is 0 Å². The van der Waals surface area contributed by atoms with E-state index in [0.717, 1.165) is 64.5 Å². The Morgan fingerprint density at radius 2 is 2.07 bits per heavy atom. The van der Waals surface area contributed by atoms with Crippen molar-refractivity contribution in [2.75, 3.05) is 38.2 Å². The number of halogens is 2. The zero-order valence-corrected chi connectivity index (χ0v) is 25.4. The predicted molar refractivity (Wildman–Crippen MR) is 172 cm³/mol. The SMILES string of the molecule is C=CC(=O)N1CC[C@@H]2[C@H]1CN2c1c(CC#N)c(OC[C@@H]2CCCN2C)nc2cc(-c3cccc4ccc(F)c(Cl)c34)ccc12. The van der Waals surface area contributed by atoms with E-state index in [2.05, 4.69) is 29.5 Å². The number of carbonyl (C=O) groups is 1. The monoisotopic (exact) mass is 609 g/mol. The van der Waals surface area contributed by atoms with Gasteiger partial charge in [0.2, 0.25) is 11.8 Å². The molecule has 1 amide bonds. The van der Waals surface area contributed by atoms with E-state index in [9.17, 15) is 14.4 Å². The van der Waals surface area contributed by atoms with Crippen LogP contribution in [0.1, 0.15) is 24.8 Å². The molecule has 3 aliphatic heterocycles. The van der Waals surface area contributed by atoms with E-state index in [-0.39, 0.29) is 35.5 Å². The molecule has 0 N–H and O–H groups in total. The van der Waals surface area contributed by atoms with Gasteiger partial charge in [0.1, 0.15) is 12.4 Å². The summed E-state index contributed by atoms with van der Waals surface area (Å²) in [5.41, 5.74) is 4.10. The molecule has 7 nitrogen and oxygen atoms in total. The molecule has 0 unspecified atom stereocenters. The summed E-state index contributed by atoms with van der Waals surface area (Å²) in [4.78, 5) is 24.1. The fraction of sp³-hybridized carbons (Fsp3) is 0.343. The summed E-state index contributed by atoms with van der Waals surface area (Å²) in [6.45, 7) is 6.53. The van der Waals surface area contributed by atoms with Gasteiger partial charge in [-0.3, -0.25) is 4.79 Å². The highest BCUT2D eigenvalue weighted by Gasteiger charge is 2.49. The number of benzene rings is 3. The van der Waals surface area contributed by atoms with Crippen molar-refractivity contribution in [3.8, 4) is 23.1 Å². The maximum Gasteiger partial charge on any atom is 0.246 e. The summed E-state index contributed by atoms with van der Waals surface area (Å²) >= 11 is 6.50. The van der Waals surface area contributed by atoms with Gasteiger partial charge in [0.25, 0.3) is 0 Å². The number of hydrogen-bond donors (Lipinski definition) is 0. The minimum atomic E-state index is -0.464. The first-order valence-electron chi connectivity index (χ1n) is 15.1. The average molecular weight is 610 g/mol. The van der Waals surface area contributed by atoms with Gasteiger partial charge in [0.05, 0.1) is 46.4 Å². The number of rotatable bonds is 7. The molecule has 7 rings (SSSR count). The Labute approximate surface area is 261 Å². The number of nitriles is 1. The first kappa shape index (κ1) is 28.6. The van der Waals surface area contributed by atoms with Crippen molar-refractivity contribution in [2.45, 2.75) is 43.8 Å². The maximum atomic E-state index is 14.6. The summed E-state index contributed by atoms with van der Waals surface area (Å²) in [5, 5.41) is 12.4. The lowest BCUT2D eigenvalue weighted by Crippen LogP contribution is -2.63. The van der Waals surface area contributed by atoms with E-state index in [4.69, 9.17) is 21.3 Å².